The van der Waals surface area contributed by atoms with Gasteiger partial charge in [-0.15, -0.1) is 6.42 Å². The largest absolute Gasteiger partial charge is 0.330 e. The van der Waals surface area contributed by atoms with Gasteiger partial charge in [0.15, 0.2) is 0 Å². The van der Waals surface area contributed by atoms with Gasteiger partial charge in [0.1, 0.15) is 0 Å². The van der Waals surface area contributed by atoms with Gasteiger partial charge in [0, 0.05) is 17.7 Å². The van der Waals surface area contributed by atoms with Gasteiger partial charge >= 0.3 is 0 Å². The zero-order valence-electron chi connectivity index (χ0n) is 10.8. The third-order valence-corrected chi connectivity index (χ3v) is 2.84. The molecule has 18 heavy (non-hydrogen) atoms. The summed E-state index contributed by atoms with van der Waals surface area (Å²) in [4.78, 5) is 11.7. The van der Waals surface area contributed by atoms with Crippen molar-refractivity contribution in [2.45, 2.75) is 26.2 Å². The summed E-state index contributed by atoms with van der Waals surface area (Å²) in [6.45, 7) is 2.78. The van der Waals surface area contributed by atoms with Crippen LogP contribution in [0, 0.1) is 18.3 Å². The van der Waals surface area contributed by atoms with Crippen LogP contribution in [-0.2, 0) is 4.79 Å². The number of hydrogen-bond donors (Lipinski definition) is 2. The van der Waals surface area contributed by atoms with E-state index in [1.807, 2.05) is 18.2 Å². The number of carbonyl (C=O) groups excluding carboxylic acids is 1. The van der Waals surface area contributed by atoms with Crippen LogP contribution < -0.4 is 11.1 Å². The van der Waals surface area contributed by atoms with Crippen molar-refractivity contribution in [1.82, 2.24) is 0 Å². The van der Waals surface area contributed by atoms with Crippen LogP contribution in [0.15, 0.2) is 24.3 Å². The van der Waals surface area contributed by atoms with Gasteiger partial charge in [-0.3, -0.25) is 4.79 Å². The zero-order chi connectivity index (χ0) is 13.4. The summed E-state index contributed by atoms with van der Waals surface area (Å²) in [6, 6.07) is 7.30. The number of terminal acetylenes is 1. The van der Waals surface area contributed by atoms with Gasteiger partial charge in [-0.25, -0.2) is 0 Å². The molecule has 0 saturated heterocycles. The first-order valence-electron chi connectivity index (χ1n) is 6.22. The number of nitrogens with two attached hydrogens (primary N) is 1. The number of rotatable bonds is 6. The van der Waals surface area contributed by atoms with E-state index < -0.39 is 0 Å². The van der Waals surface area contributed by atoms with Gasteiger partial charge in [-0.05, 0) is 43.5 Å². The molecule has 0 bridgehead atoms. The van der Waals surface area contributed by atoms with Gasteiger partial charge in [0.2, 0.25) is 5.91 Å². The lowest BCUT2D eigenvalue weighted by Gasteiger charge is -2.10. The second-order valence-corrected chi connectivity index (χ2v) is 4.49. The fourth-order valence-corrected chi connectivity index (χ4v) is 1.72. The highest BCUT2D eigenvalue weighted by molar-refractivity contribution is 5.90. The zero-order valence-corrected chi connectivity index (χ0v) is 10.8. The quantitative estimate of drug-likeness (QED) is 0.755. The van der Waals surface area contributed by atoms with Crippen molar-refractivity contribution in [2.24, 2.45) is 11.7 Å². The Hall–Kier alpha value is -1.79. The molecule has 1 atom stereocenters. The number of anilines is 1. The first-order valence-corrected chi connectivity index (χ1v) is 6.22. The van der Waals surface area contributed by atoms with Crippen molar-refractivity contribution in [1.29, 1.82) is 0 Å². The lowest BCUT2D eigenvalue weighted by Crippen LogP contribution is -2.14. The van der Waals surface area contributed by atoms with E-state index in [0.717, 1.165) is 24.1 Å². The summed E-state index contributed by atoms with van der Waals surface area (Å²) in [5, 5.41) is 2.85. The molecule has 0 heterocycles. The smallest absolute Gasteiger partial charge is 0.224 e. The molecule has 96 valence electrons. The molecule has 0 aliphatic rings. The van der Waals surface area contributed by atoms with Gasteiger partial charge in [0.05, 0.1) is 0 Å². The van der Waals surface area contributed by atoms with E-state index in [1.165, 1.54) is 0 Å². The monoisotopic (exact) mass is 244 g/mol. The molecule has 0 radical (unpaired) electrons. The fourth-order valence-electron chi connectivity index (χ4n) is 1.72. The molecule has 0 spiro atoms. The van der Waals surface area contributed by atoms with E-state index >= 15 is 0 Å². The minimum Gasteiger partial charge on any atom is -0.330 e. The van der Waals surface area contributed by atoms with E-state index in [-0.39, 0.29) is 5.91 Å². The summed E-state index contributed by atoms with van der Waals surface area (Å²) in [5.74, 6) is 3.05. The highest BCUT2D eigenvalue weighted by Gasteiger charge is 2.06. The van der Waals surface area contributed by atoms with Crippen molar-refractivity contribution in [3.63, 3.8) is 0 Å². The second kappa shape index (κ2) is 7.52. The van der Waals surface area contributed by atoms with Crippen molar-refractivity contribution >= 4 is 11.6 Å². The molecule has 0 saturated carbocycles. The normalized spacial score (nSPS) is 11.6. The van der Waals surface area contributed by atoms with Crippen LogP contribution >= 0.6 is 0 Å². The van der Waals surface area contributed by atoms with Gasteiger partial charge in [0.25, 0.3) is 0 Å². The molecule has 1 unspecified atom stereocenters. The fraction of sp³-hybridized carbons (Fsp3) is 0.400. The lowest BCUT2D eigenvalue weighted by molar-refractivity contribution is -0.116. The average Bonchev–Trinajstić information content (AvgIpc) is 2.37. The lowest BCUT2D eigenvalue weighted by atomic mass is 10.0. The molecule has 0 fully saturated rings. The van der Waals surface area contributed by atoms with Gasteiger partial charge in [-0.1, -0.05) is 18.9 Å². The molecule has 1 rings (SSSR count). The average molecular weight is 244 g/mol. The van der Waals surface area contributed by atoms with E-state index in [0.29, 0.717) is 18.9 Å². The summed E-state index contributed by atoms with van der Waals surface area (Å²) in [6.07, 6.45) is 7.64. The SMILES string of the molecule is C#Cc1cccc(NC(=O)CCC(C)CCN)c1. The third-order valence-electron chi connectivity index (χ3n) is 2.84. The maximum Gasteiger partial charge on any atom is 0.224 e. The Morgan fingerprint density at radius 2 is 2.28 bits per heavy atom. The summed E-state index contributed by atoms with van der Waals surface area (Å²) < 4.78 is 0. The van der Waals surface area contributed by atoms with Crippen LogP contribution in [0.3, 0.4) is 0 Å². The Bertz CT molecular complexity index is 434. The molecule has 1 amide bonds. The first kappa shape index (κ1) is 14.3. The van der Waals surface area contributed by atoms with E-state index in [2.05, 4.69) is 18.2 Å². The molecule has 3 N–H and O–H groups in total. The Morgan fingerprint density at radius 3 is 2.94 bits per heavy atom. The second-order valence-electron chi connectivity index (χ2n) is 4.49. The molecule has 0 aromatic heterocycles. The molecular weight excluding hydrogens is 224 g/mol. The number of hydrogen-bond acceptors (Lipinski definition) is 2. The summed E-state index contributed by atoms with van der Waals surface area (Å²) in [5.41, 5.74) is 6.99. The Morgan fingerprint density at radius 1 is 1.50 bits per heavy atom. The molecule has 1 aromatic rings. The highest BCUT2D eigenvalue weighted by atomic mass is 16.1. The van der Waals surface area contributed by atoms with Crippen LogP contribution in [0.4, 0.5) is 5.69 Å². The molecule has 3 nitrogen and oxygen atoms in total. The highest BCUT2D eigenvalue weighted by Crippen LogP contribution is 2.13. The molecule has 1 aromatic carbocycles. The third kappa shape index (κ3) is 5.03. The van der Waals surface area contributed by atoms with E-state index in [1.54, 1.807) is 6.07 Å². The van der Waals surface area contributed by atoms with Crippen LogP contribution in [0.1, 0.15) is 31.7 Å². The maximum atomic E-state index is 11.7. The predicted octanol–water partition coefficient (Wildman–Crippen LogP) is 2.37. The van der Waals surface area contributed by atoms with Crippen LogP contribution in [0.2, 0.25) is 0 Å². The minimum absolute atomic E-state index is 0.0213. The Balaban J connectivity index is 2.42. The van der Waals surface area contributed by atoms with Gasteiger partial charge < -0.3 is 11.1 Å². The van der Waals surface area contributed by atoms with Crippen molar-refractivity contribution in [3.05, 3.63) is 29.8 Å². The predicted molar refractivity (Wildman–Crippen MR) is 75.1 cm³/mol. The summed E-state index contributed by atoms with van der Waals surface area (Å²) >= 11 is 0. The minimum atomic E-state index is 0.0213. The van der Waals surface area contributed by atoms with Crippen LogP contribution in [0.25, 0.3) is 0 Å². The van der Waals surface area contributed by atoms with Crippen molar-refractivity contribution in [3.8, 4) is 12.3 Å². The number of nitrogens with one attached hydrogen (secondary N) is 1. The molecular formula is C15H20N2O. The Labute approximate surface area is 109 Å². The molecule has 0 aliphatic carbocycles. The number of carbonyl (C=O) groups is 1. The van der Waals surface area contributed by atoms with Gasteiger partial charge in [-0.2, -0.15) is 0 Å². The number of benzene rings is 1. The molecule has 3 heteroatoms. The van der Waals surface area contributed by atoms with Crippen LogP contribution in [0.5, 0.6) is 0 Å². The van der Waals surface area contributed by atoms with Crippen LogP contribution in [-0.4, -0.2) is 12.5 Å². The van der Waals surface area contributed by atoms with Crippen molar-refractivity contribution < 1.29 is 4.79 Å². The van der Waals surface area contributed by atoms with Crippen molar-refractivity contribution in [2.75, 3.05) is 11.9 Å². The van der Waals surface area contributed by atoms with E-state index in [4.69, 9.17) is 12.2 Å². The Kier molecular flexibility index (Phi) is 5.96. The summed E-state index contributed by atoms with van der Waals surface area (Å²) in [7, 11) is 0. The molecule has 0 aliphatic heterocycles. The number of amides is 1. The first-order chi connectivity index (χ1) is 8.65. The topological polar surface area (TPSA) is 55.1 Å². The maximum absolute atomic E-state index is 11.7. The van der Waals surface area contributed by atoms with E-state index in [9.17, 15) is 4.79 Å². The standard InChI is InChI=1S/C15H20N2O/c1-3-13-5-4-6-14(11-13)17-15(18)8-7-12(2)9-10-16/h1,4-6,11-12H,7-10,16H2,2H3,(H,17,18).